The Morgan fingerprint density at radius 1 is 1.31 bits per heavy atom. The predicted molar refractivity (Wildman–Crippen MR) is 129 cm³/mol. The van der Waals surface area contributed by atoms with Crippen molar-refractivity contribution in [2.24, 2.45) is 4.99 Å². The number of amides is 2. The molecule has 1 N–H and O–H groups in total. The Kier molecular flexibility index (Phi) is 7.76. The molecule has 32 heavy (non-hydrogen) atoms. The van der Waals surface area contributed by atoms with Crippen molar-refractivity contribution >= 4 is 33.1 Å². The monoisotopic (exact) mass is 470 g/mol. The Morgan fingerprint density at radius 3 is 2.69 bits per heavy atom. The Balaban J connectivity index is 1.67. The lowest BCUT2D eigenvalue weighted by molar-refractivity contribution is 0.247. The van der Waals surface area contributed by atoms with Crippen LogP contribution in [0.3, 0.4) is 0 Å². The maximum absolute atomic E-state index is 13.1. The highest BCUT2D eigenvalue weighted by atomic mass is 32.2. The van der Waals surface area contributed by atoms with Crippen LogP contribution in [0.2, 0.25) is 0 Å². The van der Waals surface area contributed by atoms with Gasteiger partial charge in [0, 0.05) is 35.7 Å². The number of nitrogens with zero attached hydrogens (tertiary/aromatic N) is 3. The quantitative estimate of drug-likeness (QED) is 0.590. The van der Waals surface area contributed by atoms with Crippen molar-refractivity contribution in [2.45, 2.75) is 36.9 Å². The van der Waals surface area contributed by atoms with Gasteiger partial charge in [0.15, 0.2) is 0 Å². The molecule has 0 bridgehead atoms. The van der Waals surface area contributed by atoms with E-state index in [4.69, 9.17) is 0 Å². The van der Waals surface area contributed by atoms with Gasteiger partial charge in [0.05, 0.1) is 6.04 Å². The number of allylic oxidation sites excluding steroid dienone is 3. The van der Waals surface area contributed by atoms with Gasteiger partial charge < -0.3 is 5.32 Å². The van der Waals surface area contributed by atoms with Crippen LogP contribution >= 0.6 is 11.3 Å². The first-order chi connectivity index (χ1) is 15.3. The summed E-state index contributed by atoms with van der Waals surface area (Å²) in [7, 11) is -2.16. The van der Waals surface area contributed by atoms with Crippen LogP contribution in [0.15, 0.2) is 81.9 Å². The van der Waals surface area contributed by atoms with Gasteiger partial charge in [0.25, 0.3) is 10.0 Å². The second kappa shape index (κ2) is 10.5. The fourth-order valence-electron chi connectivity index (χ4n) is 3.10. The van der Waals surface area contributed by atoms with E-state index in [1.54, 1.807) is 48.8 Å². The molecule has 0 spiro atoms. The molecule has 3 rings (SSSR count). The molecule has 7 nitrogen and oxygen atoms in total. The molecule has 0 aliphatic heterocycles. The second-order valence-corrected chi connectivity index (χ2v) is 10.3. The first kappa shape index (κ1) is 23.6. The molecule has 0 aromatic carbocycles. The molecule has 168 valence electrons. The number of aromatic nitrogens is 1. The summed E-state index contributed by atoms with van der Waals surface area (Å²) in [6, 6.07) is 6.47. The summed E-state index contributed by atoms with van der Waals surface area (Å²) in [5, 5.41) is 2.83. The fraction of sp³-hybridized carbons (Fsp3) is 0.261. The molecule has 1 atom stereocenters. The number of hydrogen-bond donors (Lipinski definition) is 1. The van der Waals surface area contributed by atoms with Crippen molar-refractivity contribution in [3.05, 3.63) is 72.7 Å². The fourth-order valence-corrected chi connectivity index (χ4v) is 5.79. The molecule has 1 unspecified atom stereocenters. The molecule has 9 heteroatoms. The Morgan fingerprint density at radius 2 is 2.06 bits per heavy atom. The van der Waals surface area contributed by atoms with Crippen LogP contribution in [-0.2, 0) is 10.0 Å². The first-order valence-corrected chi connectivity index (χ1v) is 12.5. The van der Waals surface area contributed by atoms with E-state index in [0.717, 1.165) is 10.4 Å². The van der Waals surface area contributed by atoms with Gasteiger partial charge >= 0.3 is 6.03 Å². The van der Waals surface area contributed by atoms with Crippen LogP contribution in [-0.4, -0.2) is 42.5 Å². The summed E-state index contributed by atoms with van der Waals surface area (Å²) in [6.07, 6.45) is 13.4. The van der Waals surface area contributed by atoms with Gasteiger partial charge in [-0.3, -0.25) is 9.29 Å². The van der Waals surface area contributed by atoms with Crippen molar-refractivity contribution in [3.63, 3.8) is 0 Å². The van der Waals surface area contributed by atoms with Gasteiger partial charge in [-0.1, -0.05) is 25.2 Å². The van der Waals surface area contributed by atoms with E-state index in [1.165, 1.54) is 22.7 Å². The second-order valence-electron chi connectivity index (χ2n) is 7.06. The Labute approximate surface area is 193 Å². The van der Waals surface area contributed by atoms with Crippen molar-refractivity contribution in [1.29, 1.82) is 0 Å². The van der Waals surface area contributed by atoms with E-state index in [2.05, 4.69) is 15.3 Å². The number of carbonyl (C=O) groups is 1. The maximum Gasteiger partial charge on any atom is 0.341 e. The standard InChI is InChI=1S/C23H26N4O3S2/c1-4-6-18(5-2)25-23(28)26-19-7-9-20(10-8-19)27(3)32(29,30)22-12-11-21(31-22)17-13-15-24-16-14-17/h4,6-7,9-16,19H,5,8H2,1-3H3,(H,26,28)/b6-4-,25-18?. The largest absolute Gasteiger partial charge is 0.341 e. The van der Waals surface area contributed by atoms with Crippen LogP contribution in [0.1, 0.15) is 26.7 Å². The summed E-state index contributed by atoms with van der Waals surface area (Å²) in [4.78, 5) is 21.0. The average Bonchev–Trinajstić information content (AvgIpc) is 3.31. The van der Waals surface area contributed by atoms with Crippen molar-refractivity contribution in [3.8, 4) is 10.4 Å². The highest BCUT2D eigenvalue weighted by Crippen LogP contribution is 2.33. The van der Waals surface area contributed by atoms with E-state index >= 15 is 0 Å². The maximum atomic E-state index is 13.1. The van der Waals surface area contributed by atoms with Gasteiger partial charge in [-0.25, -0.2) is 13.2 Å². The molecule has 1 aliphatic carbocycles. The van der Waals surface area contributed by atoms with Crippen LogP contribution in [0.25, 0.3) is 10.4 Å². The number of nitrogens with one attached hydrogen (secondary N) is 1. The summed E-state index contributed by atoms with van der Waals surface area (Å²) in [6.45, 7) is 3.81. The number of carbonyl (C=O) groups excluding carboxylic acids is 1. The number of sulfonamides is 1. The lowest BCUT2D eigenvalue weighted by atomic mass is 10.1. The zero-order valence-corrected chi connectivity index (χ0v) is 19.9. The SMILES string of the molecule is C/C=C\C(CC)=NC(=O)NC1C=CC(N(C)S(=O)(=O)c2ccc(-c3ccncc3)s2)=CC1. The lowest BCUT2D eigenvalue weighted by Crippen LogP contribution is -2.34. The van der Waals surface area contributed by atoms with Gasteiger partial charge in [0.2, 0.25) is 0 Å². The zero-order chi connectivity index (χ0) is 23.1. The molecule has 0 saturated carbocycles. The molecule has 2 heterocycles. The van der Waals surface area contributed by atoms with E-state index in [1.807, 2.05) is 32.1 Å². The summed E-state index contributed by atoms with van der Waals surface area (Å²) in [5.74, 6) is 0. The van der Waals surface area contributed by atoms with Crippen LogP contribution in [0.5, 0.6) is 0 Å². The van der Waals surface area contributed by atoms with Gasteiger partial charge in [-0.05, 0) is 61.7 Å². The number of thiophene rings is 1. The molecule has 0 saturated heterocycles. The van der Waals surface area contributed by atoms with Gasteiger partial charge in [-0.15, -0.1) is 11.3 Å². The van der Waals surface area contributed by atoms with Crippen molar-refractivity contribution in [1.82, 2.24) is 14.6 Å². The van der Waals surface area contributed by atoms with Gasteiger partial charge in [0.1, 0.15) is 4.21 Å². The van der Waals surface area contributed by atoms with Crippen LogP contribution in [0, 0.1) is 0 Å². The van der Waals surface area contributed by atoms with Crippen molar-refractivity contribution < 1.29 is 13.2 Å². The normalized spacial score (nSPS) is 16.8. The number of urea groups is 1. The molecular formula is C23H26N4O3S2. The minimum Gasteiger partial charge on any atom is -0.330 e. The summed E-state index contributed by atoms with van der Waals surface area (Å²) in [5.41, 5.74) is 2.18. The minimum absolute atomic E-state index is 0.241. The van der Waals surface area contributed by atoms with Crippen molar-refractivity contribution in [2.75, 3.05) is 7.05 Å². The predicted octanol–water partition coefficient (Wildman–Crippen LogP) is 4.78. The lowest BCUT2D eigenvalue weighted by Gasteiger charge is -2.23. The molecule has 2 amide bonds. The molecular weight excluding hydrogens is 444 g/mol. The Bertz CT molecular complexity index is 1180. The Hall–Kier alpha value is -3.04. The number of likely N-dealkylation sites (N-methyl/N-ethyl adjacent to an activating group) is 1. The highest BCUT2D eigenvalue weighted by molar-refractivity contribution is 7.91. The third-order valence-corrected chi connectivity index (χ3v) is 8.27. The van der Waals surface area contributed by atoms with E-state index < -0.39 is 16.1 Å². The molecule has 0 radical (unpaired) electrons. The molecule has 2 aromatic heterocycles. The molecule has 2 aromatic rings. The molecule has 0 fully saturated rings. The van der Waals surface area contributed by atoms with E-state index in [9.17, 15) is 13.2 Å². The number of aliphatic imine (C=N–C) groups is 1. The third-order valence-electron chi connectivity index (χ3n) is 4.88. The number of hydrogen-bond acceptors (Lipinski definition) is 5. The highest BCUT2D eigenvalue weighted by Gasteiger charge is 2.25. The topological polar surface area (TPSA) is 91.7 Å². The molecule has 1 aliphatic rings. The smallest absolute Gasteiger partial charge is 0.330 e. The van der Waals surface area contributed by atoms with Crippen LogP contribution in [0.4, 0.5) is 4.79 Å². The van der Waals surface area contributed by atoms with Crippen LogP contribution < -0.4 is 5.32 Å². The zero-order valence-electron chi connectivity index (χ0n) is 18.2. The van der Waals surface area contributed by atoms with E-state index in [0.29, 0.717) is 24.3 Å². The number of pyridine rings is 1. The summed E-state index contributed by atoms with van der Waals surface area (Å²) < 4.78 is 27.7. The van der Waals surface area contributed by atoms with Gasteiger partial charge in [-0.2, -0.15) is 4.99 Å². The first-order valence-electron chi connectivity index (χ1n) is 10.2. The number of rotatable bonds is 7. The minimum atomic E-state index is -3.69. The average molecular weight is 471 g/mol. The van der Waals surface area contributed by atoms with E-state index in [-0.39, 0.29) is 10.3 Å². The summed E-state index contributed by atoms with van der Waals surface area (Å²) >= 11 is 1.22. The third kappa shape index (κ3) is 5.60.